The van der Waals surface area contributed by atoms with Gasteiger partial charge in [-0.05, 0) is 55.5 Å². The van der Waals surface area contributed by atoms with Crippen molar-refractivity contribution in [2.45, 2.75) is 38.3 Å². The number of nitrogens with zero attached hydrogens (tertiary/aromatic N) is 1. The Morgan fingerprint density at radius 1 is 1.17 bits per heavy atom. The van der Waals surface area contributed by atoms with E-state index in [1.54, 1.807) is 4.90 Å². The van der Waals surface area contributed by atoms with Gasteiger partial charge in [-0.25, -0.2) is 0 Å². The molecular weight excluding hydrogens is 306 g/mol. The molecule has 1 aromatic carbocycles. The highest BCUT2D eigenvalue weighted by molar-refractivity contribution is 6.05. The van der Waals surface area contributed by atoms with Crippen molar-refractivity contribution >= 4 is 17.7 Å². The molecule has 2 N–H and O–H groups in total. The second-order valence-corrected chi connectivity index (χ2v) is 6.95. The van der Waals surface area contributed by atoms with E-state index in [0.29, 0.717) is 24.4 Å². The van der Waals surface area contributed by atoms with Gasteiger partial charge in [0.15, 0.2) is 0 Å². The summed E-state index contributed by atoms with van der Waals surface area (Å²) in [5.41, 5.74) is 2.93. The Morgan fingerprint density at radius 3 is 2.79 bits per heavy atom. The number of amides is 3. The van der Waals surface area contributed by atoms with Crippen molar-refractivity contribution in [2.24, 2.45) is 5.92 Å². The van der Waals surface area contributed by atoms with Crippen molar-refractivity contribution in [3.8, 4) is 0 Å². The topological polar surface area (TPSA) is 78.5 Å². The molecule has 6 nitrogen and oxygen atoms in total. The summed E-state index contributed by atoms with van der Waals surface area (Å²) in [6, 6.07) is 5.49. The van der Waals surface area contributed by atoms with Gasteiger partial charge in [0.1, 0.15) is 6.04 Å². The van der Waals surface area contributed by atoms with Gasteiger partial charge in [0.25, 0.3) is 5.91 Å². The maximum Gasteiger partial charge on any atom is 0.255 e. The number of benzene rings is 1. The van der Waals surface area contributed by atoms with Crippen LogP contribution in [0.5, 0.6) is 0 Å². The third kappa shape index (κ3) is 2.71. The molecule has 3 aliphatic heterocycles. The monoisotopic (exact) mass is 327 g/mol. The molecule has 1 aromatic rings. The van der Waals surface area contributed by atoms with Crippen molar-refractivity contribution in [2.75, 3.05) is 13.1 Å². The number of hydrogen-bond acceptors (Lipinski definition) is 4. The summed E-state index contributed by atoms with van der Waals surface area (Å²) in [6.07, 6.45) is 2.91. The van der Waals surface area contributed by atoms with Gasteiger partial charge in [-0.2, -0.15) is 0 Å². The zero-order chi connectivity index (χ0) is 16.7. The molecule has 0 aromatic heterocycles. The summed E-state index contributed by atoms with van der Waals surface area (Å²) < 4.78 is 0. The molecule has 4 rings (SSSR count). The van der Waals surface area contributed by atoms with Crippen LogP contribution in [-0.4, -0.2) is 41.8 Å². The number of rotatable bonds is 3. The van der Waals surface area contributed by atoms with Crippen LogP contribution in [0.15, 0.2) is 18.2 Å². The van der Waals surface area contributed by atoms with Gasteiger partial charge >= 0.3 is 0 Å². The lowest BCUT2D eigenvalue weighted by Gasteiger charge is -2.29. The van der Waals surface area contributed by atoms with Gasteiger partial charge in [0, 0.05) is 18.5 Å². The second-order valence-electron chi connectivity index (χ2n) is 6.95. The van der Waals surface area contributed by atoms with Gasteiger partial charge in [-0.15, -0.1) is 0 Å². The number of carbonyl (C=O) groups excluding carboxylic acids is 3. The first-order chi connectivity index (χ1) is 11.6. The van der Waals surface area contributed by atoms with Crippen LogP contribution in [0.25, 0.3) is 0 Å². The predicted molar refractivity (Wildman–Crippen MR) is 87.2 cm³/mol. The summed E-state index contributed by atoms with van der Waals surface area (Å²) in [5.74, 6) is -0.0579. The minimum atomic E-state index is -0.537. The fourth-order valence-electron chi connectivity index (χ4n) is 3.98. The first-order valence-electron chi connectivity index (χ1n) is 8.59. The maximum absolute atomic E-state index is 12.6. The first-order valence-corrected chi connectivity index (χ1v) is 8.59. The van der Waals surface area contributed by atoms with E-state index in [2.05, 4.69) is 16.7 Å². The van der Waals surface area contributed by atoms with Crippen LogP contribution in [0.3, 0.4) is 0 Å². The van der Waals surface area contributed by atoms with E-state index < -0.39 is 6.04 Å². The minimum absolute atomic E-state index is 0.103. The largest absolute Gasteiger partial charge is 0.322 e. The highest BCUT2D eigenvalue weighted by atomic mass is 16.2. The van der Waals surface area contributed by atoms with E-state index in [4.69, 9.17) is 0 Å². The van der Waals surface area contributed by atoms with E-state index in [1.165, 1.54) is 12.0 Å². The Hall–Kier alpha value is -2.21. The molecule has 0 saturated carbocycles. The molecule has 0 bridgehead atoms. The summed E-state index contributed by atoms with van der Waals surface area (Å²) in [7, 11) is 0. The fraction of sp³-hybridized carbons (Fsp3) is 0.500. The van der Waals surface area contributed by atoms with E-state index in [0.717, 1.165) is 25.1 Å². The Bertz CT molecular complexity index is 709. The summed E-state index contributed by atoms with van der Waals surface area (Å²) >= 11 is 0. The third-order valence-electron chi connectivity index (χ3n) is 5.27. The van der Waals surface area contributed by atoms with Crippen LogP contribution < -0.4 is 10.6 Å². The molecule has 0 aliphatic carbocycles. The van der Waals surface area contributed by atoms with Crippen LogP contribution >= 0.6 is 0 Å². The van der Waals surface area contributed by atoms with Crippen LogP contribution in [0.2, 0.25) is 0 Å². The highest BCUT2D eigenvalue weighted by Gasteiger charge is 2.39. The lowest BCUT2D eigenvalue weighted by atomic mass is 9.96. The molecule has 3 heterocycles. The molecule has 0 radical (unpaired) electrons. The third-order valence-corrected chi connectivity index (χ3v) is 5.27. The normalized spacial score (nSPS) is 26.7. The molecular formula is C18H21N3O3. The number of imide groups is 1. The molecule has 126 valence electrons. The number of fused-ring (bicyclic) bond motifs is 1. The van der Waals surface area contributed by atoms with Crippen molar-refractivity contribution in [3.05, 3.63) is 34.9 Å². The second kappa shape index (κ2) is 6.02. The maximum atomic E-state index is 12.6. The van der Waals surface area contributed by atoms with E-state index in [1.807, 2.05) is 12.1 Å². The average Bonchev–Trinajstić information content (AvgIpc) is 3.16. The first kappa shape index (κ1) is 15.3. The number of carbonyl (C=O) groups is 3. The summed E-state index contributed by atoms with van der Waals surface area (Å²) in [5, 5.41) is 5.71. The SMILES string of the molecule is O=C1CCC(N2Cc3cc(CC4CCNC4)ccc3C2=O)C(=O)N1. The lowest BCUT2D eigenvalue weighted by Crippen LogP contribution is -2.52. The fourth-order valence-corrected chi connectivity index (χ4v) is 3.98. The van der Waals surface area contributed by atoms with E-state index in [9.17, 15) is 14.4 Å². The quantitative estimate of drug-likeness (QED) is 0.797. The Kier molecular flexibility index (Phi) is 3.84. The molecule has 2 fully saturated rings. The van der Waals surface area contributed by atoms with Crippen LogP contribution in [0, 0.1) is 5.92 Å². The van der Waals surface area contributed by atoms with E-state index >= 15 is 0 Å². The molecule has 2 atom stereocenters. The minimum Gasteiger partial charge on any atom is -0.322 e. The molecule has 6 heteroatoms. The predicted octanol–water partition coefficient (Wildman–Crippen LogP) is 0.600. The number of hydrogen-bond donors (Lipinski definition) is 2. The zero-order valence-corrected chi connectivity index (χ0v) is 13.5. The molecule has 2 saturated heterocycles. The van der Waals surface area contributed by atoms with Gasteiger partial charge in [-0.1, -0.05) is 12.1 Å². The molecule has 0 spiro atoms. The highest BCUT2D eigenvalue weighted by Crippen LogP contribution is 2.29. The van der Waals surface area contributed by atoms with Gasteiger partial charge in [0.05, 0.1) is 0 Å². The molecule has 3 amide bonds. The van der Waals surface area contributed by atoms with Crippen LogP contribution in [0.1, 0.15) is 40.7 Å². The summed E-state index contributed by atoms with van der Waals surface area (Å²) in [6.45, 7) is 2.59. The number of piperidine rings is 1. The Morgan fingerprint density at radius 2 is 2.04 bits per heavy atom. The zero-order valence-electron chi connectivity index (χ0n) is 13.5. The van der Waals surface area contributed by atoms with Gasteiger partial charge in [0.2, 0.25) is 11.8 Å². The standard InChI is InChI=1S/C18H21N3O3/c22-16-4-3-15(17(23)20-16)21-10-13-8-11(1-2-14(13)18(21)24)7-12-5-6-19-9-12/h1-2,8,12,15,19H,3-7,9-10H2,(H,20,22,23). The van der Waals surface area contributed by atoms with Crippen LogP contribution in [-0.2, 0) is 22.6 Å². The van der Waals surface area contributed by atoms with Crippen molar-refractivity contribution < 1.29 is 14.4 Å². The average molecular weight is 327 g/mol. The molecule has 3 aliphatic rings. The van der Waals surface area contributed by atoms with Crippen molar-refractivity contribution in [1.29, 1.82) is 0 Å². The van der Waals surface area contributed by atoms with Crippen molar-refractivity contribution in [1.82, 2.24) is 15.5 Å². The number of nitrogens with one attached hydrogen (secondary N) is 2. The Balaban J connectivity index is 1.51. The Labute approximate surface area is 140 Å². The van der Waals surface area contributed by atoms with Crippen LogP contribution in [0.4, 0.5) is 0 Å². The smallest absolute Gasteiger partial charge is 0.255 e. The molecule has 2 unspecified atom stereocenters. The van der Waals surface area contributed by atoms with Gasteiger partial charge < -0.3 is 10.2 Å². The lowest BCUT2D eigenvalue weighted by molar-refractivity contribution is -0.136. The molecule has 24 heavy (non-hydrogen) atoms. The summed E-state index contributed by atoms with van der Waals surface area (Å²) in [4.78, 5) is 37.6. The van der Waals surface area contributed by atoms with Crippen molar-refractivity contribution in [3.63, 3.8) is 0 Å². The van der Waals surface area contributed by atoms with Gasteiger partial charge in [-0.3, -0.25) is 19.7 Å². The van der Waals surface area contributed by atoms with E-state index in [-0.39, 0.29) is 24.1 Å².